The molecule has 0 saturated carbocycles. The Labute approximate surface area is 121 Å². The normalized spacial score (nSPS) is 10.2. The number of hydrogen-bond acceptors (Lipinski definition) is 4. The first kappa shape index (κ1) is 13.8. The molecule has 0 aliphatic carbocycles. The number of halogens is 1. The minimum atomic E-state index is 0.779. The molecule has 0 unspecified atom stereocenters. The van der Waals surface area contributed by atoms with Crippen molar-refractivity contribution in [2.75, 3.05) is 17.2 Å². The molecular formula is C14H17BrN4. The third kappa shape index (κ3) is 4.21. The maximum Gasteiger partial charge on any atom is 0.135 e. The molecular weight excluding hydrogens is 304 g/mol. The van der Waals surface area contributed by atoms with Gasteiger partial charge in [-0.1, -0.05) is 25.5 Å². The van der Waals surface area contributed by atoms with Gasteiger partial charge in [0.05, 0.1) is 5.69 Å². The highest BCUT2D eigenvalue weighted by molar-refractivity contribution is 9.10. The summed E-state index contributed by atoms with van der Waals surface area (Å²) in [5.41, 5.74) is 0.987. The summed E-state index contributed by atoms with van der Waals surface area (Å²) < 4.78 is 1.01. The molecule has 0 spiro atoms. The molecule has 2 N–H and O–H groups in total. The van der Waals surface area contributed by atoms with E-state index in [2.05, 4.69) is 43.5 Å². The summed E-state index contributed by atoms with van der Waals surface area (Å²) in [6.45, 7) is 3.10. The molecule has 4 nitrogen and oxygen atoms in total. The van der Waals surface area contributed by atoms with Crippen LogP contribution in [0.25, 0.3) is 0 Å². The van der Waals surface area contributed by atoms with Crippen LogP contribution >= 0.6 is 15.9 Å². The molecule has 2 aromatic rings. The second-order valence-electron chi connectivity index (χ2n) is 4.17. The summed E-state index contributed by atoms with van der Waals surface area (Å²) in [5, 5.41) is 6.55. The van der Waals surface area contributed by atoms with Crippen LogP contribution in [0, 0.1) is 0 Å². The smallest absolute Gasteiger partial charge is 0.135 e. The van der Waals surface area contributed by atoms with Crippen molar-refractivity contribution >= 4 is 33.3 Å². The van der Waals surface area contributed by atoms with Crippen LogP contribution in [0.5, 0.6) is 0 Å². The first-order chi connectivity index (χ1) is 9.29. The van der Waals surface area contributed by atoms with Gasteiger partial charge in [0, 0.05) is 17.1 Å². The number of unbranched alkanes of at least 4 members (excludes halogenated alkanes) is 1. The van der Waals surface area contributed by atoms with E-state index >= 15 is 0 Å². The van der Waals surface area contributed by atoms with Gasteiger partial charge in [-0.15, -0.1) is 0 Å². The van der Waals surface area contributed by atoms with Crippen molar-refractivity contribution in [3.05, 3.63) is 41.1 Å². The monoisotopic (exact) mass is 320 g/mol. The second kappa shape index (κ2) is 7.09. The molecule has 0 amide bonds. The maximum absolute atomic E-state index is 4.22. The van der Waals surface area contributed by atoms with Crippen LogP contribution in [-0.2, 0) is 0 Å². The summed E-state index contributed by atoms with van der Waals surface area (Å²) >= 11 is 3.50. The molecule has 0 radical (unpaired) electrons. The highest BCUT2D eigenvalue weighted by Crippen LogP contribution is 2.24. The molecule has 1 heterocycles. The van der Waals surface area contributed by atoms with Crippen molar-refractivity contribution in [1.82, 2.24) is 9.97 Å². The Morgan fingerprint density at radius 1 is 1.16 bits per heavy atom. The molecule has 100 valence electrons. The number of rotatable bonds is 6. The Balaban J connectivity index is 2.05. The van der Waals surface area contributed by atoms with E-state index in [9.17, 15) is 0 Å². The van der Waals surface area contributed by atoms with Crippen LogP contribution in [0.2, 0.25) is 0 Å². The quantitative estimate of drug-likeness (QED) is 0.783. The van der Waals surface area contributed by atoms with E-state index in [0.717, 1.165) is 34.8 Å². The number of para-hydroxylation sites is 1. The Bertz CT molecular complexity index is 530. The van der Waals surface area contributed by atoms with E-state index in [1.807, 2.05) is 30.3 Å². The summed E-state index contributed by atoms with van der Waals surface area (Å²) in [4.78, 5) is 8.42. The van der Waals surface area contributed by atoms with Crippen LogP contribution in [0.15, 0.2) is 41.1 Å². The van der Waals surface area contributed by atoms with Gasteiger partial charge in [0.1, 0.15) is 18.0 Å². The van der Waals surface area contributed by atoms with Gasteiger partial charge in [0.25, 0.3) is 0 Å². The van der Waals surface area contributed by atoms with Gasteiger partial charge in [0.15, 0.2) is 0 Å². The fourth-order valence-electron chi connectivity index (χ4n) is 1.62. The Morgan fingerprint density at radius 3 is 2.74 bits per heavy atom. The average Bonchev–Trinajstić information content (AvgIpc) is 2.42. The zero-order valence-electron chi connectivity index (χ0n) is 10.9. The highest BCUT2D eigenvalue weighted by atomic mass is 79.9. The Morgan fingerprint density at radius 2 is 1.95 bits per heavy atom. The van der Waals surface area contributed by atoms with E-state index in [1.54, 1.807) is 6.33 Å². The Hall–Kier alpha value is -1.62. The van der Waals surface area contributed by atoms with E-state index in [4.69, 9.17) is 0 Å². The molecule has 0 aliphatic rings. The van der Waals surface area contributed by atoms with E-state index in [0.29, 0.717) is 0 Å². The molecule has 0 bridgehead atoms. The number of nitrogens with zero attached hydrogens (tertiary/aromatic N) is 2. The van der Waals surface area contributed by atoms with Crippen LogP contribution in [0.3, 0.4) is 0 Å². The largest absolute Gasteiger partial charge is 0.370 e. The molecule has 0 atom stereocenters. The van der Waals surface area contributed by atoms with Crippen molar-refractivity contribution in [1.29, 1.82) is 0 Å². The standard InChI is InChI=1S/C14H17BrN4/c1-2-3-8-16-13-9-14(18-10-17-13)19-12-7-5-4-6-11(12)15/h4-7,9-10H,2-3,8H2,1H3,(H2,16,17,18,19). The summed E-state index contributed by atoms with van der Waals surface area (Å²) in [5.74, 6) is 1.62. The number of anilines is 3. The first-order valence-electron chi connectivity index (χ1n) is 6.37. The first-order valence-corrected chi connectivity index (χ1v) is 7.16. The van der Waals surface area contributed by atoms with Gasteiger partial charge < -0.3 is 10.6 Å². The third-order valence-electron chi connectivity index (χ3n) is 2.64. The molecule has 19 heavy (non-hydrogen) atoms. The van der Waals surface area contributed by atoms with Gasteiger partial charge in [0.2, 0.25) is 0 Å². The lowest BCUT2D eigenvalue weighted by Crippen LogP contribution is -2.04. The van der Waals surface area contributed by atoms with E-state index < -0.39 is 0 Å². The van der Waals surface area contributed by atoms with Gasteiger partial charge in [-0.3, -0.25) is 0 Å². The predicted octanol–water partition coefficient (Wildman–Crippen LogP) is 4.19. The van der Waals surface area contributed by atoms with Gasteiger partial charge >= 0.3 is 0 Å². The average molecular weight is 321 g/mol. The lowest BCUT2D eigenvalue weighted by molar-refractivity contribution is 0.830. The van der Waals surface area contributed by atoms with E-state index in [-0.39, 0.29) is 0 Å². The molecule has 1 aromatic heterocycles. The zero-order valence-corrected chi connectivity index (χ0v) is 12.4. The minimum Gasteiger partial charge on any atom is -0.370 e. The number of aromatic nitrogens is 2. The van der Waals surface area contributed by atoms with Crippen LogP contribution in [-0.4, -0.2) is 16.5 Å². The zero-order chi connectivity index (χ0) is 13.5. The molecule has 0 saturated heterocycles. The molecule has 5 heteroatoms. The summed E-state index contributed by atoms with van der Waals surface area (Å²) in [6.07, 6.45) is 3.87. The van der Waals surface area contributed by atoms with Crippen molar-refractivity contribution in [2.45, 2.75) is 19.8 Å². The van der Waals surface area contributed by atoms with Crippen LogP contribution in [0.4, 0.5) is 17.3 Å². The molecule has 2 rings (SSSR count). The van der Waals surface area contributed by atoms with Crippen LogP contribution < -0.4 is 10.6 Å². The fourth-order valence-corrected chi connectivity index (χ4v) is 2.00. The second-order valence-corrected chi connectivity index (χ2v) is 5.03. The lowest BCUT2D eigenvalue weighted by Gasteiger charge is -2.09. The lowest BCUT2D eigenvalue weighted by atomic mass is 10.3. The highest BCUT2D eigenvalue weighted by Gasteiger charge is 2.01. The SMILES string of the molecule is CCCCNc1cc(Nc2ccccc2Br)ncn1. The van der Waals surface area contributed by atoms with E-state index in [1.165, 1.54) is 6.42 Å². The number of hydrogen-bond donors (Lipinski definition) is 2. The topological polar surface area (TPSA) is 49.8 Å². The third-order valence-corrected chi connectivity index (χ3v) is 3.33. The summed E-state index contributed by atoms with van der Waals surface area (Å²) in [6, 6.07) is 9.86. The minimum absolute atomic E-state index is 0.779. The van der Waals surface area contributed by atoms with Crippen molar-refractivity contribution < 1.29 is 0 Å². The maximum atomic E-state index is 4.22. The van der Waals surface area contributed by atoms with Gasteiger partial charge in [-0.05, 0) is 34.5 Å². The summed E-state index contributed by atoms with van der Waals surface area (Å²) in [7, 11) is 0. The fraction of sp³-hybridized carbons (Fsp3) is 0.286. The molecule has 1 aromatic carbocycles. The van der Waals surface area contributed by atoms with Gasteiger partial charge in [-0.25, -0.2) is 9.97 Å². The van der Waals surface area contributed by atoms with Crippen LogP contribution in [0.1, 0.15) is 19.8 Å². The predicted molar refractivity (Wildman–Crippen MR) is 82.9 cm³/mol. The van der Waals surface area contributed by atoms with Crippen molar-refractivity contribution in [3.63, 3.8) is 0 Å². The number of benzene rings is 1. The van der Waals surface area contributed by atoms with Crippen molar-refractivity contribution in [2.24, 2.45) is 0 Å². The van der Waals surface area contributed by atoms with Crippen molar-refractivity contribution in [3.8, 4) is 0 Å². The van der Waals surface area contributed by atoms with Gasteiger partial charge in [-0.2, -0.15) is 0 Å². The molecule has 0 fully saturated rings. The Kier molecular flexibility index (Phi) is 5.15. The number of nitrogens with one attached hydrogen (secondary N) is 2. The molecule has 0 aliphatic heterocycles.